The molecular formula is H8CaN2O6S4. The van der Waals surface area contributed by atoms with Gasteiger partial charge in [0.15, 0.2) is 0 Å². The van der Waals surface area contributed by atoms with Crippen LogP contribution in [0.15, 0.2) is 0 Å². The van der Waals surface area contributed by atoms with E-state index in [2.05, 4.69) is 22.4 Å². The van der Waals surface area contributed by atoms with Crippen LogP contribution in [0.1, 0.15) is 0 Å². The molecule has 8 N–H and O–H groups in total. The average molecular weight is 300 g/mol. The number of hydrogen-bond acceptors (Lipinski definition) is 8. The molecule has 0 aromatic heterocycles. The Kier molecular flexibility index (Phi) is 26.7. The quantitative estimate of drug-likeness (QED) is 0.387. The minimum atomic E-state index is -4.33. The Labute approximate surface area is 116 Å². The summed E-state index contributed by atoms with van der Waals surface area (Å²) in [5.41, 5.74) is 0. The summed E-state index contributed by atoms with van der Waals surface area (Å²) in [6.45, 7) is 0. The van der Waals surface area contributed by atoms with Crippen molar-refractivity contribution in [1.29, 1.82) is 0 Å². The van der Waals surface area contributed by atoms with Crippen molar-refractivity contribution in [1.82, 2.24) is 12.3 Å². The first-order chi connectivity index (χ1) is 4.00. The third-order valence-corrected chi connectivity index (χ3v) is 0. The van der Waals surface area contributed by atoms with Crippen molar-refractivity contribution in [3.8, 4) is 0 Å². The van der Waals surface area contributed by atoms with Crippen LogP contribution < -0.4 is 12.3 Å². The zero-order valence-corrected chi connectivity index (χ0v) is 11.8. The monoisotopic (exact) mass is 300 g/mol. The van der Waals surface area contributed by atoms with Crippen LogP contribution in [0.2, 0.25) is 0 Å². The molecule has 80 valence electrons. The molecule has 0 aromatic carbocycles. The Morgan fingerprint density at radius 3 is 1.00 bits per heavy atom. The summed E-state index contributed by atoms with van der Waals surface area (Å²) in [4.78, 5) is 0. The van der Waals surface area contributed by atoms with Crippen molar-refractivity contribution >= 4 is 78.2 Å². The molecule has 0 aliphatic rings. The summed E-state index contributed by atoms with van der Waals surface area (Å²) >= 11 is 6.71. The van der Waals surface area contributed by atoms with Gasteiger partial charge in [0.05, 0.1) is 0 Å². The standard InChI is InChI=1S/Ca.2H3N.2H2O3S2/c;;;2*1-5(2,3)4/h;2*1H3;2*(H2,1,2,3,4)/q+2;;;;/p-2. The van der Waals surface area contributed by atoms with Gasteiger partial charge < -0.3 is 21.4 Å². The molecule has 0 spiro atoms. The summed E-state index contributed by atoms with van der Waals surface area (Å²) in [7, 11) is -8.17. The van der Waals surface area contributed by atoms with Gasteiger partial charge in [0.25, 0.3) is 9.05 Å². The first-order valence-electron chi connectivity index (χ1n) is 1.37. The minimum Gasteiger partial charge on any atom is -0.780 e. The zero-order valence-electron chi connectivity index (χ0n) is 6.28. The maximum atomic E-state index is 9.11. The van der Waals surface area contributed by atoms with Crippen LogP contribution in [0.25, 0.3) is 0 Å². The van der Waals surface area contributed by atoms with Gasteiger partial charge in [0.1, 0.15) is 0 Å². The first-order valence-corrected chi connectivity index (χ1v) is 6.10. The fraction of sp³-hybridized carbons (Fsp3) is 0. The van der Waals surface area contributed by atoms with E-state index in [9.17, 15) is 0 Å². The molecule has 0 bridgehead atoms. The van der Waals surface area contributed by atoms with Gasteiger partial charge >= 0.3 is 37.7 Å². The fourth-order valence-electron chi connectivity index (χ4n) is 0. The minimum absolute atomic E-state index is 0. The van der Waals surface area contributed by atoms with Gasteiger partial charge in [-0.15, -0.1) is 9.05 Å². The van der Waals surface area contributed by atoms with Crippen molar-refractivity contribution in [2.75, 3.05) is 0 Å². The first kappa shape index (κ1) is 29.3. The molecule has 0 saturated carbocycles. The van der Waals surface area contributed by atoms with E-state index in [1.165, 1.54) is 0 Å². The van der Waals surface area contributed by atoms with Gasteiger partial charge in [-0.05, 0) is 11.2 Å². The largest absolute Gasteiger partial charge is 2.00 e. The smallest absolute Gasteiger partial charge is 0.780 e. The van der Waals surface area contributed by atoms with Crippen LogP contribution in [0, 0.1) is 0 Å². The molecule has 0 aliphatic heterocycles. The van der Waals surface area contributed by atoms with Crippen molar-refractivity contribution in [3.05, 3.63) is 0 Å². The molecule has 0 fully saturated rings. The normalized spacial score (nSPS) is 8.92. The van der Waals surface area contributed by atoms with E-state index in [0.29, 0.717) is 0 Å². The molecule has 0 aromatic rings. The molecule has 0 heterocycles. The molecular weight excluding hydrogens is 292 g/mol. The predicted octanol–water partition coefficient (Wildman–Crippen LogP) is -1.38. The fourth-order valence-corrected chi connectivity index (χ4v) is 0. The Balaban J connectivity index is -0.0000000267. The van der Waals surface area contributed by atoms with Crippen LogP contribution in [0.3, 0.4) is 0 Å². The molecule has 0 unspecified atom stereocenters. The van der Waals surface area contributed by atoms with E-state index in [0.717, 1.165) is 0 Å². The second kappa shape index (κ2) is 11.8. The van der Waals surface area contributed by atoms with Crippen LogP contribution >= 0.6 is 0 Å². The van der Waals surface area contributed by atoms with Crippen molar-refractivity contribution in [3.63, 3.8) is 0 Å². The van der Waals surface area contributed by atoms with Gasteiger partial charge in [-0.2, -0.15) is 4.21 Å². The van der Waals surface area contributed by atoms with E-state index in [1.807, 2.05) is 0 Å². The second-order valence-electron chi connectivity index (χ2n) is 0.856. The summed E-state index contributed by atoms with van der Waals surface area (Å²) in [5, 5.41) is 0. The van der Waals surface area contributed by atoms with Crippen molar-refractivity contribution in [2.24, 2.45) is 0 Å². The molecule has 13 heavy (non-hydrogen) atoms. The Bertz CT molecular complexity index is 219. The molecule has 13 heteroatoms. The maximum Gasteiger partial charge on any atom is 2.00 e. The third kappa shape index (κ3) is 614. The van der Waals surface area contributed by atoms with Crippen LogP contribution in [-0.2, 0) is 40.5 Å². The summed E-state index contributed by atoms with van der Waals surface area (Å²) < 4.78 is 50.6. The van der Waals surface area contributed by atoms with Gasteiger partial charge in [0, 0.05) is 11.2 Å². The average Bonchev–Trinajstić information content (AvgIpc) is 1.12. The van der Waals surface area contributed by atoms with E-state index in [1.54, 1.807) is 0 Å². The Morgan fingerprint density at radius 1 is 1.00 bits per heavy atom. The topological polar surface area (TPSA) is 191 Å². The van der Waals surface area contributed by atoms with E-state index in [-0.39, 0.29) is 50.0 Å². The summed E-state index contributed by atoms with van der Waals surface area (Å²) in [6, 6.07) is 0. The van der Waals surface area contributed by atoms with Crippen molar-refractivity contribution < 1.29 is 26.6 Å². The summed E-state index contributed by atoms with van der Waals surface area (Å²) in [5.74, 6) is 0. The molecule has 8 nitrogen and oxygen atoms in total. The molecule has 0 atom stereocenters. The maximum absolute atomic E-state index is 9.11. The molecule has 0 rings (SSSR count). The third-order valence-electron chi connectivity index (χ3n) is 0. The molecule has 0 saturated heterocycles. The molecule has 0 aliphatic carbocycles. The van der Waals surface area contributed by atoms with Gasteiger partial charge in [-0.25, -0.2) is 0 Å². The Hall–Kier alpha value is 1.76. The summed E-state index contributed by atoms with van der Waals surface area (Å²) in [6.07, 6.45) is 0. The molecule has 0 radical (unpaired) electrons. The van der Waals surface area contributed by atoms with E-state index in [4.69, 9.17) is 26.6 Å². The van der Waals surface area contributed by atoms with Crippen LogP contribution in [-0.4, -0.2) is 64.4 Å². The number of rotatable bonds is 0. The Morgan fingerprint density at radius 2 is 1.00 bits per heavy atom. The van der Waals surface area contributed by atoms with Gasteiger partial charge in [-0.3, -0.25) is 13.3 Å². The second-order valence-corrected chi connectivity index (χ2v) is 5.10. The SMILES string of the molecule is N.N.O=S(O)(O)=S.O=S([O-])([O-])=S.[Ca+2]. The van der Waals surface area contributed by atoms with E-state index >= 15 is 0 Å². The number of hydrogen-bond donors (Lipinski definition) is 4. The van der Waals surface area contributed by atoms with Crippen LogP contribution in [0.5, 0.6) is 0 Å². The van der Waals surface area contributed by atoms with E-state index < -0.39 is 18.1 Å². The predicted molar refractivity (Wildman–Crippen MR) is 53.6 cm³/mol. The van der Waals surface area contributed by atoms with Gasteiger partial charge in [-0.1, -0.05) is 0 Å². The molecule has 0 amide bonds. The van der Waals surface area contributed by atoms with Gasteiger partial charge in [0.2, 0.25) is 0 Å². The van der Waals surface area contributed by atoms with Crippen molar-refractivity contribution in [2.45, 2.75) is 0 Å². The zero-order chi connectivity index (χ0) is 9.00. The van der Waals surface area contributed by atoms with Crippen LogP contribution in [0.4, 0.5) is 0 Å².